The lowest BCUT2D eigenvalue weighted by Gasteiger charge is -2.37. The minimum absolute atomic E-state index is 0.00315. The maximum Gasteiger partial charge on any atom is 0.341 e. The van der Waals surface area contributed by atoms with Crippen LogP contribution in [-0.4, -0.2) is 20.6 Å². The van der Waals surface area contributed by atoms with E-state index in [1.54, 1.807) is 10.1 Å². The van der Waals surface area contributed by atoms with Crippen molar-refractivity contribution in [3.63, 3.8) is 0 Å². The van der Waals surface area contributed by atoms with Crippen LogP contribution in [-0.2, 0) is 6.42 Å². The topological polar surface area (TPSA) is 85.3 Å². The van der Waals surface area contributed by atoms with Crippen LogP contribution in [0.2, 0.25) is 0 Å². The van der Waals surface area contributed by atoms with Gasteiger partial charge < -0.3 is 14.1 Å². The van der Waals surface area contributed by atoms with Gasteiger partial charge in [-0.15, -0.1) is 11.3 Å². The molecule has 158 valence electrons. The van der Waals surface area contributed by atoms with Crippen LogP contribution in [0.5, 0.6) is 0 Å². The van der Waals surface area contributed by atoms with Gasteiger partial charge in [-0.3, -0.25) is 4.79 Å². The fraction of sp³-hybridized carbons (Fsp3) is 0.261. The van der Waals surface area contributed by atoms with Crippen LogP contribution >= 0.6 is 11.3 Å². The molecule has 8 heteroatoms. The number of nitrogens with zero attached hydrogens (tertiary/aromatic N) is 2. The molecule has 1 aliphatic rings. The molecule has 0 radical (unpaired) electrons. The predicted molar refractivity (Wildman–Crippen MR) is 116 cm³/mol. The van der Waals surface area contributed by atoms with Gasteiger partial charge in [-0.05, 0) is 17.9 Å². The van der Waals surface area contributed by atoms with E-state index in [1.807, 2.05) is 44.4 Å². The number of pyridine rings is 1. The van der Waals surface area contributed by atoms with Gasteiger partial charge in [0.05, 0.1) is 11.2 Å². The lowest BCUT2D eigenvalue weighted by molar-refractivity contribution is 0.0692. The number of carboxylic acid groups (broad SMARTS) is 1. The molecule has 4 aromatic rings. The van der Waals surface area contributed by atoms with E-state index < -0.39 is 22.8 Å². The summed E-state index contributed by atoms with van der Waals surface area (Å²) < 4.78 is 23.1. The van der Waals surface area contributed by atoms with E-state index in [4.69, 9.17) is 4.42 Å². The smallest absolute Gasteiger partial charge is 0.341 e. The highest BCUT2D eigenvalue weighted by molar-refractivity contribution is 7.07. The van der Waals surface area contributed by atoms with Crippen molar-refractivity contribution in [3.8, 4) is 22.7 Å². The van der Waals surface area contributed by atoms with E-state index in [2.05, 4.69) is 4.98 Å². The molecule has 0 bridgehead atoms. The summed E-state index contributed by atoms with van der Waals surface area (Å²) in [6.07, 6.45) is 1.76. The Morgan fingerprint density at radius 3 is 2.77 bits per heavy atom. The van der Waals surface area contributed by atoms with Gasteiger partial charge in [-0.25, -0.2) is 14.2 Å². The SMILES string of the molecule is CC(C)(C)C1Cc2c(oc3c(-c4cscn4)cccc23)-c2c(F)c(=O)c(C(=O)O)cn21. The Hall–Kier alpha value is -3.26. The number of fused-ring (bicyclic) bond motifs is 5. The summed E-state index contributed by atoms with van der Waals surface area (Å²) in [5.41, 5.74) is 2.61. The maximum atomic E-state index is 15.4. The number of halogens is 1. The summed E-state index contributed by atoms with van der Waals surface area (Å²) in [6, 6.07) is 5.45. The monoisotopic (exact) mass is 438 g/mol. The van der Waals surface area contributed by atoms with Crippen LogP contribution in [0, 0.1) is 11.2 Å². The Balaban J connectivity index is 1.88. The Labute approximate surface area is 180 Å². The average Bonchev–Trinajstić information content (AvgIpc) is 3.36. The summed E-state index contributed by atoms with van der Waals surface area (Å²) in [4.78, 5) is 28.4. The largest absolute Gasteiger partial charge is 0.477 e. The molecule has 0 saturated heterocycles. The Morgan fingerprint density at radius 1 is 1.35 bits per heavy atom. The second kappa shape index (κ2) is 6.62. The first-order chi connectivity index (χ1) is 14.7. The van der Waals surface area contributed by atoms with Gasteiger partial charge in [0, 0.05) is 34.1 Å². The van der Waals surface area contributed by atoms with E-state index in [0.717, 1.165) is 22.2 Å². The maximum absolute atomic E-state index is 15.4. The molecule has 0 amide bonds. The first kappa shape index (κ1) is 19.7. The molecule has 0 saturated carbocycles. The van der Waals surface area contributed by atoms with Crippen LogP contribution < -0.4 is 5.43 Å². The summed E-state index contributed by atoms with van der Waals surface area (Å²) in [6.45, 7) is 6.02. The molecule has 0 fully saturated rings. The number of para-hydroxylation sites is 1. The van der Waals surface area contributed by atoms with Crippen molar-refractivity contribution < 1.29 is 18.7 Å². The molecule has 0 spiro atoms. The Bertz CT molecular complexity index is 1410. The number of thiazole rings is 1. The minimum Gasteiger partial charge on any atom is -0.477 e. The Kier molecular flexibility index (Phi) is 4.20. The normalized spacial score (nSPS) is 15.7. The molecule has 1 unspecified atom stereocenters. The van der Waals surface area contributed by atoms with E-state index in [9.17, 15) is 14.7 Å². The Morgan fingerprint density at radius 2 is 2.13 bits per heavy atom. The number of furan rings is 1. The molecule has 4 heterocycles. The predicted octanol–water partition coefficient (Wildman–Crippen LogP) is 5.37. The summed E-state index contributed by atoms with van der Waals surface area (Å²) in [5, 5.41) is 12.2. The van der Waals surface area contributed by atoms with Crippen molar-refractivity contribution in [1.82, 2.24) is 9.55 Å². The number of rotatable bonds is 2. The van der Waals surface area contributed by atoms with Crippen LogP contribution in [0.25, 0.3) is 33.7 Å². The van der Waals surface area contributed by atoms with Crippen LogP contribution in [0.4, 0.5) is 4.39 Å². The van der Waals surface area contributed by atoms with Crippen molar-refractivity contribution in [2.24, 2.45) is 5.41 Å². The lowest BCUT2D eigenvalue weighted by atomic mass is 9.79. The number of hydrogen-bond acceptors (Lipinski definition) is 5. The third kappa shape index (κ3) is 2.85. The summed E-state index contributed by atoms with van der Waals surface area (Å²) in [7, 11) is 0. The first-order valence-electron chi connectivity index (χ1n) is 9.79. The van der Waals surface area contributed by atoms with Gasteiger partial charge in [-0.1, -0.05) is 32.9 Å². The quantitative estimate of drug-likeness (QED) is 0.455. The molecule has 3 aromatic heterocycles. The summed E-state index contributed by atoms with van der Waals surface area (Å²) in [5.74, 6) is -2.29. The number of aromatic carboxylic acids is 1. The fourth-order valence-corrected chi connectivity index (χ4v) is 4.90. The molecule has 1 atom stereocenters. The van der Waals surface area contributed by atoms with Crippen molar-refractivity contribution >= 4 is 28.3 Å². The zero-order chi connectivity index (χ0) is 22.1. The van der Waals surface area contributed by atoms with Gasteiger partial charge in [-0.2, -0.15) is 0 Å². The third-order valence-corrected chi connectivity index (χ3v) is 6.47. The van der Waals surface area contributed by atoms with Crippen LogP contribution in [0.3, 0.4) is 0 Å². The zero-order valence-electron chi connectivity index (χ0n) is 17.1. The molecule has 6 nitrogen and oxygen atoms in total. The highest BCUT2D eigenvalue weighted by atomic mass is 32.1. The van der Waals surface area contributed by atoms with Crippen molar-refractivity contribution in [2.45, 2.75) is 33.2 Å². The molecular weight excluding hydrogens is 419 g/mol. The van der Waals surface area contributed by atoms with Gasteiger partial charge in [0.25, 0.3) is 0 Å². The molecule has 0 aliphatic carbocycles. The fourth-order valence-electron chi connectivity index (χ4n) is 4.34. The minimum atomic E-state index is -1.45. The van der Waals surface area contributed by atoms with Gasteiger partial charge in [0.2, 0.25) is 5.43 Å². The number of carboxylic acids is 1. The van der Waals surface area contributed by atoms with Crippen LogP contribution in [0.15, 0.2) is 44.5 Å². The zero-order valence-corrected chi connectivity index (χ0v) is 17.9. The van der Waals surface area contributed by atoms with Gasteiger partial charge in [0.15, 0.2) is 11.6 Å². The molecule has 1 aromatic carbocycles. The molecule has 5 rings (SSSR count). The molecular formula is C23H19FN2O4S. The second-order valence-electron chi connectivity index (χ2n) is 8.80. The summed E-state index contributed by atoms with van der Waals surface area (Å²) >= 11 is 1.47. The van der Waals surface area contributed by atoms with E-state index in [1.165, 1.54) is 17.5 Å². The van der Waals surface area contributed by atoms with Crippen molar-refractivity contribution in [2.75, 3.05) is 0 Å². The van der Waals surface area contributed by atoms with E-state index >= 15 is 4.39 Å². The number of aromatic nitrogens is 2. The molecule has 1 N–H and O–H groups in total. The first-order valence-corrected chi connectivity index (χ1v) is 10.7. The van der Waals surface area contributed by atoms with Crippen molar-refractivity contribution in [3.05, 3.63) is 62.5 Å². The van der Waals surface area contributed by atoms with Crippen molar-refractivity contribution in [1.29, 1.82) is 0 Å². The van der Waals surface area contributed by atoms with Crippen LogP contribution in [0.1, 0.15) is 42.7 Å². The standard InChI is InChI=1S/C23H19FN2O4S/c1-23(2,3)16-7-13-11-5-4-6-12(15-9-31-10-25-15)20(11)30-21(13)18-17(24)19(27)14(22(28)29)8-26(16)18/h4-6,8-10,16H,7H2,1-3H3,(H,28,29). The number of carbonyl (C=O) groups is 1. The average molecular weight is 438 g/mol. The molecule has 31 heavy (non-hydrogen) atoms. The second-order valence-corrected chi connectivity index (χ2v) is 9.52. The van der Waals surface area contributed by atoms with E-state index in [0.29, 0.717) is 12.0 Å². The van der Waals surface area contributed by atoms with E-state index in [-0.39, 0.29) is 22.9 Å². The number of benzene rings is 1. The third-order valence-electron chi connectivity index (χ3n) is 5.88. The van der Waals surface area contributed by atoms with Gasteiger partial charge >= 0.3 is 5.97 Å². The molecule has 1 aliphatic heterocycles. The number of hydrogen-bond donors (Lipinski definition) is 1. The highest BCUT2D eigenvalue weighted by Crippen LogP contribution is 2.48. The lowest BCUT2D eigenvalue weighted by Crippen LogP contribution is -2.34. The van der Waals surface area contributed by atoms with Gasteiger partial charge in [0.1, 0.15) is 16.8 Å². The highest BCUT2D eigenvalue weighted by Gasteiger charge is 2.39.